The molecule has 0 saturated carbocycles. The van der Waals surface area contributed by atoms with Gasteiger partial charge in [-0.2, -0.15) is 0 Å². The number of hydrogen-bond acceptors (Lipinski definition) is 4. The minimum atomic E-state index is -0.140. The Bertz CT molecular complexity index is 844. The number of rotatable bonds is 3. The lowest BCUT2D eigenvalue weighted by molar-refractivity contribution is 0.178. The number of amides is 2. The molecule has 0 unspecified atom stereocenters. The number of likely N-dealkylation sites (tertiary alicyclic amines) is 1. The first-order chi connectivity index (χ1) is 12.7. The zero-order valence-electron chi connectivity index (χ0n) is 14.8. The second kappa shape index (κ2) is 7.61. The highest BCUT2D eigenvalue weighted by atomic mass is 32.1. The molecule has 3 heterocycles. The number of fused-ring (bicyclic) bond motifs is 1. The molecular weight excluding hydrogens is 348 g/mol. The maximum absolute atomic E-state index is 12.6. The fraction of sp³-hybridized carbons (Fsp3) is 0.526. The smallest absolute Gasteiger partial charge is 0.317 e. The Balaban J connectivity index is 1.37. The minimum Gasteiger partial charge on any atom is -0.334 e. The number of nitrogens with zero attached hydrogens (tertiary/aromatic N) is 2. The number of urea groups is 1. The van der Waals surface area contributed by atoms with Crippen molar-refractivity contribution in [1.82, 2.24) is 20.2 Å². The van der Waals surface area contributed by atoms with E-state index in [2.05, 4.69) is 20.7 Å². The van der Waals surface area contributed by atoms with E-state index in [1.807, 2.05) is 16.2 Å². The molecule has 2 aliphatic rings. The van der Waals surface area contributed by atoms with Crippen LogP contribution in [0.3, 0.4) is 0 Å². The van der Waals surface area contributed by atoms with Crippen molar-refractivity contribution in [3.8, 4) is 0 Å². The predicted molar refractivity (Wildman–Crippen MR) is 102 cm³/mol. The van der Waals surface area contributed by atoms with Gasteiger partial charge < -0.3 is 15.2 Å². The maximum Gasteiger partial charge on any atom is 0.317 e. The Labute approximate surface area is 156 Å². The second-order valence-electron chi connectivity index (χ2n) is 7.15. The standard InChI is InChI=1S/C19H24N4O2S/c24-18-8-16(21-12-22-18)13-4-3-7-23(10-13)19(25)20-9-14-11-26-17-6-2-1-5-15(14)17/h8,11-13H,1-7,9-10H2,(H,20,25)(H,21,22,24)/t13-/m1/s1. The van der Waals surface area contributed by atoms with E-state index in [9.17, 15) is 9.59 Å². The number of hydrogen-bond donors (Lipinski definition) is 2. The molecule has 0 radical (unpaired) electrons. The molecule has 1 aliphatic carbocycles. The predicted octanol–water partition coefficient (Wildman–Crippen LogP) is 2.80. The summed E-state index contributed by atoms with van der Waals surface area (Å²) in [5, 5.41) is 5.30. The molecule has 6 nitrogen and oxygen atoms in total. The largest absolute Gasteiger partial charge is 0.334 e. The summed E-state index contributed by atoms with van der Waals surface area (Å²) in [6.45, 7) is 1.98. The van der Waals surface area contributed by atoms with Crippen LogP contribution in [0.4, 0.5) is 4.79 Å². The Hall–Kier alpha value is -2.15. The summed E-state index contributed by atoms with van der Waals surface area (Å²) in [6, 6.07) is 1.53. The van der Waals surface area contributed by atoms with E-state index < -0.39 is 0 Å². The normalized spacial score (nSPS) is 19.8. The van der Waals surface area contributed by atoms with Crippen molar-refractivity contribution in [3.05, 3.63) is 49.8 Å². The molecule has 138 valence electrons. The number of carbonyl (C=O) groups excluding carboxylic acids is 1. The van der Waals surface area contributed by atoms with Crippen LogP contribution in [0.2, 0.25) is 0 Å². The van der Waals surface area contributed by atoms with Gasteiger partial charge in [0, 0.05) is 36.5 Å². The number of H-pyrrole nitrogens is 1. The van der Waals surface area contributed by atoms with Crippen LogP contribution in [0.25, 0.3) is 0 Å². The van der Waals surface area contributed by atoms with E-state index in [1.54, 1.807) is 6.07 Å². The van der Waals surface area contributed by atoms with Crippen LogP contribution in [0.1, 0.15) is 53.3 Å². The van der Waals surface area contributed by atoms with Crippen LogP contribution < -0.4 is 10.9 Å². The van der Waals surface area contributed by atoms with Crippen molar-refractivity contribution in [2.45, 2.75) is 51.0 Å². The van der Waals surface area contributed by atoms with Gasteiger partial charge in [-0.05, 0) is 55.0 Å². The zero-order valence-corrected chi connectivity index (χ0v) is 15.6. The molecule has 0 bridgehead atoms. The van der Waals surface area contributed by atoms with Crippen LogP contribution in [0.5, 0.6) is 0 Å². The van der Waals surface area contributed by atoms with Crippen LogP contribution in [0, 0.1) is 0 Å². The SMILES string of the molecule is O=C(NCc1csc2c1CCCC2)N1CCC[C@@H](c2cc(=O)[nH]cn2)C1. The molecular formula is C19H24N4O2S. The Morgan fingerprint density at radius 1 is 1.35 bits per heavy atom. The average Bonchev–Trinajstić information content (AvgIpc) is 3.09. The summed E-state index contributed by atoms with van der Waals surface area (Å²) in [5.41, 5.74) is 3.38. The Morgan fingerprint density at radius 3 is 3.12 bits per heavy atom. The van der Waals surface area contributed by atoms with Gasteiger partial charge >= 0.3 is 6.03 Å². The lowest BCUT2D eigenvalue weighted by atomic mass is 9.94. The van der Waals surface area contributed by atoms with Crippen LogP contribution >= 0.6 is 11.3 Å². The van der Waals surface area contributed by atoms with Crippen LogP contribution in [-0.4, -0.2) is 34.0 Å². The lowest BCUT2D eigenvalue weighted by Gasteiger charge is -2.32. The van der Waals surface area contributed by atoms with Crippen molar-refractivity contribution >= 4 is 17.4 Å². The van der Waals surface area contributed by atoms with Gasteiger partial charge in [0.05, 0.1) is 12.0 Å². The topological polar surface area (TPSA) is 78.1 Å². The van der Waals surface area contributed by atoms with E-state index in [1.165, 1.54) is 41.6 Å². The van der Waals surface area contributed by atoms with E-state index in [0.29, 0.717) is 13.1 Å². The van der Waals surface area contributed by atoms with E-state index >= 15 is 0 Å². The molecule has 2 N–H and O–H groups in total. The number of aromatic amines is 1. The molecule has 26 heavy (non-hydrogen) atoms. The highest BCUT2D eigenvalue weighted by Gasteiger charge is 2.26. The highest BCUT2D eigenvalue weighted by Crippen LogP contribution is 2.30. The molecule has 1 fully saturated rings. The number of piperidine rings is 1. The minimum absolute atomic E-state index is 0.0182. The van der Waals surface area contributed by atoms with Gasteiger partial charge in [-0.3, -0.25) is 4.79 Å². The van der Waals surface area contributed by atoms with Crippen molar-refractivity contribution in [3.63, 3.8) is 0 Å². The summed E-state index contributed by atoms with van der Waals surface area (Å²) in [4.78, 5) is 34.3. The molecule has 4 rings (SSSR count). The third-order valence-corrected chi connectivity index (χ3v) is 6.54. The summed E-state index contributed by atoms with van der Waals surface area (Å²) in [7, 11) is 0. The number of aromatic nitrogens is 2. The fourth-order valence-electron chi connectivity index (χ4n) is 4.00. The molecule has 2 aromatic heterocycles. The van der Waals surface area contributed by atoms with Gasteiger partial charge in [-0.15, -0.1) is 11.3 Å². The van der Waals surface area contributed by atoms with Crippen molar-refractivity contribution in [2.75, 3.05) is 13.1 Å². The quantitative estimate of drug-likeness (QED) is 0.870. The van der Waals surface area contributed by atoms with Gasteiger partial charge in [-0.25, -0.2) is 9.78 Å². The first-order valence-corrected chi connectivity index (χ1v) is 10.2. The second-order valence-corrected chi connectivity index (χ2v) is 8.11. The summed E-state index contributed by atoms with van der Waals surface area (Å²) >= 11 is 1.83. The van der Waals surface area contributed by atoms with Crippen molar-refractivity contribution in [2.24, 2.45) is 0 Å². The van der Waals surface area contributed by atoms with Gasteiger partial charge in [0.25, 0.3) is 5.56 Å². The Kier molecular flexibility index (Phi) is 5.06. The van der Waals surface area contributed by atoms with E-state index in [-0.39, 0.29) is 17.5 Å². The van der Waals surface area contributed by atoms with Crippen LogP contribution in [-0.2, 0) is 19.4 Å². The van der Waals surface area contributed by atoms with Crippen LogP contribution in [0.15, 0.2) is 22.6 Å². The van der Waals surface area contributed by atoms with E-state index in [4.69, 9.17) is 0 Å². The summed E-state index contributed by atoms with van der Waals surface area (Å²) in [5.74, 6) is 0.130. The number of thiophene rings is 1. The van der Waals surface area contributed by atoms with Gasteiger partial charge in [0.15, 0.2) is 0 Å². The summed E-state index contributed by atoms with van der Waals surface area (Å²) < 4.78 is 0. The molecule has 1 aliphatic heterocycles. The van der Waals surface area contributed by atoms with Gasteiger partial charge in [-0.1, -0.05) is 0 Å². The Morgan fingerprint density at radius 2 is 2.23 bits per heavy atom. The zero-order chi connectivity index (χ0) is 17.9. The molecule has 2 aromatic rings. The molecule has 1 atom stereocenters. The highest BCUT2D eigenvalue weighted by molar-refractivity contribution is 7.10. The maximum atomic E-state index is 12.6. The molecule has 0 aromatic carbocycles. The third-order valence-electron chi connectivity index (χ3n) is 5.40. The molecule has 1 saturated heterocycles. The van der Waals surface area contributed by atoms with Gasteiger partial charge in [0.1, 0.15) is 0 Å². The van der Waals surface area contributed by atoms with Gasteiger partial charge in [0.2, 0.25) is 0 Å². The molecule has 2 amide bonds. The monoisotopic (exact) mass is 372 g/mol. The van der Waals surface area contributed by atoms with Crippen molar-refractivity contribution < 1.29 is 4.79 Å². The summed E-state index contributed by atoms with van der Waals surface area (Å²) in [6.07, 6.45) is 8.19. The lowest BCUT2D eigenvalue weighted by Crippen LogP contribution is -2.45. The van der Waals surface area contributed by atoms with Crippen molar-refractivity contribution in [1.29, 1.82) is 0 Å². The fourth-order valence-corrected chi connectivity index (χ4v) is 5.15. The molecule has 0 spiro atoms. The number of nitrogens with one attached hydrogen (secondary N) is 2. The third kappa shape index (κ3) is 3.67. The number of aryl methyl sites for hydroxylation is 1. The first kappa shape index (κ1) is 17.3. The molecule has 7 heteroatoms. The first-order valence-electron chi connectivity index (χ1n) is 9.36. The average molecular weight is 372 g/mol. The van der Waals surface area contributed by atoms with E-state index in [0.717, 1.165) is 31.5 Å². The number of carbonyl (C=O) groups is 1.